The first-order valence-electron chi connectivity index (χ1n) is 11.1. The van der Waals surface area contributed by atoms with Crippen molar-refractivity contribution in [2.24, 2.45) is 5.92 Å². The third kappa shape index (κ3) is 3.96. The number of para-hydroxylation sites is 1. The van der Waals surface area contributed by atoms with Crippen molar-refractivity contribution in [3.05, 3.63) is 108 Å². The molecule has 0 radical (unpaired) electrons. The molecule has 3 atom stereocenters. The van der Waals surface area contributed by atoms with E-state index >= 15 is 0 Å². The highest BCUT2D eigenvalue weighted by Gasteiger charge is 2.40. The Morgan fingerprint density at radius 1 is 0.742 bits per heavy atom. The zero-order chi connectivity index (χ0) is 21.0. The molecule has 31 heavy (non-hydrogen) atoms. The van der Waals surface area contributed by atoms with Crippen LogP contribution in [-0.4, -0.2) is 10.9 Å². The number of anilines is 1. The number of hydrogen-bond donors (Lipinski definition) is 1. The van der Waals surface area contributed by atoms with Gasteiger partial charge in [0.15, 0.2) is 0 Å². The van der Waals surface area contributed by atoms with Crippen molar-refractivity contribution in [1.29, 1.82) is 0 Å². The number of hydrogen-bond acceptors (Lipinski definition) is 2. The van der Waals surface area contributed by atoms with Gasteiger partial charge in [0.05, 0.1) is 17.1 Å². The van der Waals surface area contributed by atoms with Crippen LogP contribution in [0.1, 0.15) is 42.2 Å². The Kier molecular flexibility index (Phi) is 5.49. The van der Waals surface area contributed by atoms with Crippen LogP contribution >= 0.6 is 0 Å². The van der Waals surface area contributed by atoms with Crippen LogP contribution in [-0.2, 0) is 4.79 Å². The molecule has 1 fully saturated rings. The van der Waals surface area contributed by atoms with Crippen molar-refractivity contribution < 1.29 is 4.79 Å². The molecular formula is C28H26N2O. The van der Waals surface area contributed by atoms with Gasteiger partial charge in [-0.3, -0.25) is 9.78 Å². The molecule has 1 heterocycles. The first-order chi connectivity index (χ1) is 15.3. The van der Waals surface area contributed by atoms with Gasteiger partial charge in [0.2, 0.25) is 5.91 Å². The molecule has 154 valence electrons. The molecule has 3 aromatic carbocycles. The number of carbonyl (C=O) groups is 1. The van der Waals surface area contributed by atoms with Crippen molar-refractivity contribution in [1.82, 2.24) is 4.98 Å². The van der Waals surface area contributed by atoms with E-state index in [1.54, 1.807) is 6.20 Å². The quantitative estimate of drug-likeness (QED) is 0.418. The van der Waals surface area contributed by atoms with Crippen molar-refractivity contribution in [2.75, 3.05) is 5.32 Å². The van der Waals surface area contributed by atoms with Crippen molar-refractivity contribution in [2.45, 2.75) is 31.1 Å². The molecule has 3 nitrogen and oxygen atoms in total. The van der Waals surface area contributed by atoms with Gasteiger partial charge in [-0.1, -0.05) is 85.3 Å². The van der Waals surface area contributed by atoms with E-state index in [-0.39, 0.29) is 23.7 Å². The highest BCUT2D eigenvalue weighted by atomic mass is 16.1. The fraction of sp³-hybridized carbons (Fsp3) is 0.214. The van der Waals surface area contributed by atoms with E-state index in [0.717, 1.165) is 35.9 Å². The minimum atomic E-state index is -0.127. The van der Waals surface area contributed by atoms with Gasteiger partial charge >= 0.3 is 0 Å². The summed E-state index contributed by atoms with van der Waals surface area (Å²) in [4.78, 5) is 18.4. The topological polar surface area (TPSA) is 42.0 Å². The van der Waals surface area contributed by atoms with Gasteiger partial charge < -0.3 is 5.32 Å². The summed E-state index contributed by atoms with van der Waals surface area (Å²) in [5.74, 6) is 0.351. The average Bonchev–Trinajstić information content (AvgIpc) is 2.85. The molecule has 0 spiro atoms. The molecule has 0 saturated heterocycles. The Morgan fingerprint density at radius 3 is 2.00 bits per heavy atom. The van der Waals surface area contributed by atoms with Crippen LogP contribution in [0.25, 0.3) is 10.9 Å². The highest BCUT2D eigenvalue weighted by Crippen LogP contribution is 2.46. The number of benzene rings is 3. The third-order valence-electron chi connectivity index (χ3n) is 6.55. The molecule has 0 aliphatic heterocycles. The van der Waals surface area contributed by atoms with Gasteiger partial charge in [0.1, 0.15) is 0 Å². The second kappa shape index (κ2) is 8.73. The Balaban J connectivity index is 1.54. The summed E-state index contributed by atoms with van der Waals surface area (Å²) in [5, 5.41) is 4.28. The van der Waals surface area contributed by atoms with E-state index in [1.165, 1.54) is 11.1 Å². The van der Waals surface area contributed by atoms with E-state index in [0.29, 0.717) is 0 Å². The summed E-state index contributed by atoms with van der Waals surface area (Å²) < 4.78 is 0. The van der Waals surface area contributed by atoms with Crippen LogP contribution in [0.3, 0.4) is 0 Å². The summed E-state index contributed by atoms with van der Waals surface area (Å²) in [7, 11) is 0. The Morgan fingerprint density at radius 2 is 1.35 bits per heavy atom. The van der Waals surface area contributed by atoms with Gasteiger partial charge in [0.25, 0.3) is 0 Å². The number of fused-ring (bicyclic) bond motifs is 1. The number of carbonyl (C=O) groups excluding carboxylic acids is 1. The van der Waals surface area contributed by atoms with E-state index in [4.69, 9.17) is 0 Å². The van der Waals surface area contributed by atoms with Gasteiger partial charge in [0, 0.05) is 11.6 Å². The number of nitrogens with one attached hydrogen (secondary N) is 1. The predicted molar refractivity (Wildman–Crippen MR) is 126 cm³/mol. The van der Waals surface area contributed by atoms with Crippen molar-refractivity contribution in [3.63, 3.8) is 0 Å². The van der Waals surface area contributed by atoms with Gasteiger partial charge in [-0.25, -0.2) is 0 Å². The number of amides is 1. The zero-order valence-electron chi connectivity index (χ0n) is 17.4. The van der Waals surface area contributed by atoms with E-state index < -0.39 is 0 Å². The SMILES string of the molecule is O=C(Nc1cccc2cccnc12)C1[C@@H](c2ccccc2)CCC[C@H]1c1ccccc1. The lowest BCUT2D eigenvalue weighted by atomic mass is 9.66. The first kappa shape index (κ1) is 19.5. The molecule has 1 amide bonds. The molecule has 3 heteroatoms. The largest absolute Gasteiger partial charge is 0.324 e. The molecule has 1 aromatic heterocycles. The molecule has 4 aromatic rings. The number of aromatic nitrogens is 1. The Bertz CT molecular complexity index is 1120. The van der Waals surface area contributed by atoms with Crippen LogP contribution in [0.4, 0.5) is 5.69 Å². The van der Waals surface area contributed by atoms with Crippen molar-refractivity contribution >= 4 is 22.5 Å². The summed E-state index contributed by atoms with van der Waals surface area (Å²) in [5.41, 5.74) is 4.12. The van der Waals surface area contributed by atoms with Crippen LogP contribution in [0, 0.1) is 5.92 Å². The van der Waals surface area contributed by atoms with Crippen LogP contribution in [0.5, 0.6) is 0 Å². The highest BCUT2D eigenvalue weighted by molar-refractivity contribution is 6.01. The maximum atomic E-state index is 13.8. The fourth-order valence-corrected chi connectivity index (χ4v) is 5.13. The number of pyridine rings is 1. The standard InChI is InChI=1S/C28H26N2O/c31-28(30-25-18-7-14-22-15-9-19-29-27(22)25)26-23(20-10-3-1-4-11-20)16-8-17-24(26)21-12-5-2-6-13-21/h1-7,9-15,18-19,23-24,26H,8,16-17H2,(H,30,31)/t23-,24+,26?. The summed E-state index contributed by atoms with van der Waals surface area (Å²) in [6, 6.07) is 30.9. The van der Waals surface area contributed by atoms with Gasteiger partial charge in [-0.15, -0.1) is 0 Å². The molecule has 5 rings (SSSR count). The molecule has 1 aliphatic carbocycles. The van der Waals surface area contributed by atoms with E-state index in [1.807, 2.05) is 42.5 Å². The molecular weight excluding hydrogens is 380 g/mol. The zero-order valence-corrected chi connectivity index (χ0v) is 17.4. The second-order valence-electron chi connectivity index (χ2n) is 8.36. The maximum absolute atomic E-state index is 13.8. The fourth-order valence-electron chi connectivity index (χ4n) is 5.13. The molecule has 1 saturated carbocycles. The Hall–Kier alpha value is -3.46. The summed E-state index contributed by atoms with van der Waals surface area (Å²) in [6.07, 6.45) is 4.95. The monoisotopic (exact) mass is 406 g/mol. The van der Waals surface area contributed by atoms with Crippen LogP contribution in [0.2, 0.25) is 0 Å². The average molecular weight is 407 g/mol. The normalized spacial score (nSPS) is 21.0. The summed E-state index contributed by atoms with van der Waals surface area (Å²) >= 11 is 0. The lowest BCUT2D eigenvalue weighted by Crippen LogP contribution is -2.36. The lowest BCUT2D eigenvalue weighted by molar-refractivity contribution is -0.122. The van der Waals surface area contributed by atoms with E-state index in [2.05, 4.69) is 58.8 Å². The first-order valence-corrected chi connectivity index (χ1v) is 11.1. The molecule has 0 bridgehead atoms. The predicted octanol–water partition coefficient (Wildman–Crippen LogP) is 6.54. The number of nitrogens with zero attached hydrogens (tertiary/aromatic N) is 1. The minimum Gasteiger partial charge on any atom is -0.324 e. The molecule has 1 unspecified atom stereocenters. The van der Waals surface area contributed by atoms with Crippen LogP contribution < -0.4 is 5.32 Å². The maximum Gasteiger partial charge on any atom is 0.228 e. The Labute approximate surface area is 183 Å². The number of rotatable bonds is 4. The van der Waals surface area contributed by atoms with Crippen molar-refractivity contribution in [3.8, 4) is 0 Å². The molecule has 1 aliphatic rings. The molecule has 1 N–H and O–H groups in total. The van der Waals surface area contributed by atoms with Crippen LogP contribution in [0.15, 0.2) is 97.2 Å². The smallest absolute Gasteiger partial charge is 0.228 e. The third-order valence-corrected chi connectivity index (χ3v) is 6.55. The minimum absolute atomic E-state index is 0.0839. The van der Waals surface area contributed by atoms with Gasteiger partial charge in [-0.2, -0.15) is 0 Å². The summed E-state index contributed by atoms with van der Waals surface area (Å²) in [6.45, 7) is 0. The second-order valence-corrected chi connectivity index (χ2v) is 8.36. The lowest BCUT2D eigenvalue weighted by Gasteiger charge is -2.38. The van der Waals surface area contributed by atoms with E-state index in [9.17, 15) is 4.79 Å². The van der Waals surface area contributed by atoms with Gasteiger partial charge in [-0.05, 0) is 47.9 Å².